The van der Waals surface area contributed by atoms with E-state index in [1.165, 1.54) is 54.7 Å². The molecule has 0 unspecified atom stereocenters. The van der Waals surface area contributed by atoms with Gasteiger partial charge in [0.05, 0.1) is 0 Å². The molecule has 0 atom stereocenters. The average Bonchev–Trinajstić information content (AvgIpc) is 3.48. The van der Waals surface area contributed by atoms with Crippen molar-refractivity contribution in [2.75, 3.05) is 0 Å². The second kappa shape index (κ2) is 12.0. The molecule has 8 aromatic carbocycles. The minimum atomic E-state index is -0.0587. The van der Waals surface area contributed by atoms with Crippen molar-refractivity contribution in [1.29, 1.82) is 0 Å². The van der Waals surface area contributed by atoms with Gasteiger partial charge in [0, 0.05) is 40.1 Å². The van der Waals surface area contributed by atoms with Gasteiger partial charge in [0.15, 0.2) is 17.5 Å². The van der Waals surface area contributed by atoms with Crippen molar-refractivity contribution in [2.24, 2.45) is 0 Å². The molecule has 2 heterocycles. The third-order valence-corrected chi connectivity index (χ3v) is 11.6. The predicted octanol–water partition coefficient (Wildman–Crippen LogP) is 12.8. The van der Waals surface area contributed by atoms with Crippen molar-refractivity contribution in [3.63, 3.8) is 0 Å². The first-order valence-electron chi connectivity index (χ1n) is 18.8. The molecule has 0 N–H and O–H groups in total. The van der Waals surface area contributed by atoms with Crippen LogP contribution in [-0.4, -0.2) is 19.9 Å². The average molecular weight is 703 g/mol. The smallest absolute Gasteiger partial charge is 0.164 e. The number of hydrogen-bond donors (Lipinski definition) is 0. The van der Waals surface area contributed by atoms with Gasteiger partial charge in [0.25, 0.3) is 0 Å². The number of benzene rings is 8. The largest absolute Gasteiger partial charge is 0.264 e. The lowest BCUT2D eigenvalue weighted by Crippen LogP contribution is -2.14. The molecule has 258 valence electrons. The van der Waals surface area contributed by atoms with E-state index in [-0.39, 0.29) is 5.41 Å². The van der Waals surface area contributed by atoms with Crippen molar-refractivity contribution in [3.8, 4) is 67.5 Å². The van der Waals surface area contributed by atoms with Crippen LogP contribution in [0.3, 0.4) is 0 Å². The highest BCUT2D eigenvalue weighted by Crippen LogP contribution is 2.49. The van der Waals surface area contributed by atoms with Gasteiger partial charge in [0.2, 0.25) is 0 Å². The van der Waals surface area contributed by atoms with Crippen LogP contribution in [0.15, 0.2) is 170 Å². The van der Waals surface area contributed by atoms with Gasteiger partial charge in [-0.25, -0.2) is 15.0 Å². The molecule has 55 heavy (non-hydrogen) atoms. The van der Waals surface area contributed by atoms with Crippen LogP contribution >= 0.6 is 0 Å². The summed E-state index contributed by atoms with van der Waals surface area (Å²) in [5.74, 6) is 1.89. The predicted molar refractivity (Wildman–Crippen MR) is 226 cm³/mol. The third kappa shape index (κ3) is 4.92. The van der Waals surface area contributed by atoms with Gasteiger partial charge < -0.3 is 0 Å². The van der Waals surface area contributed by atoms with Crippen LogP contribution < -0.4 is 0 Å². The first kappa shape index (κ1) is 31.5. The van der Waals surface area contributed by atoms with Crippen molar-refractivity contribution >= 4 is 32.3 Å². The lowest BCUT2D eigenvalue weighted by molar-refractivity contribution is 0.660. The van der Waals surface area contributed by atoms with Gasteiger partial charge in [-0.2, -0.15) is 0 Å². The fourth-order valence-electron chi connectivity index (χ4n) is 8.82. The van der Waals surface area contributed by atoms with Gasteiger partial charge >= 0.3 is 0 Å². The molecule has 4 heteroatoms. The van der Waals surface area contributed by atoms with E-state index in [0.717, 1.165) is 38.8 Å². The standard InChI is InChI=1S/C51H34N4/c1-51(2)44-15-6-5-13-39(44)40-25-24-36(29-45(40)51)31-16-20-35(21-17-31)48-53-49(42-14-4-3-12-38(42)37-11-8-28-52-30-37)55-50(54-48)43-27-23-34-19-18-32-9-7-10-33-22-26-41(43)47(34)46(32)33/h3-30H,1-2H3. The summed E-state index contributed by atoms with van der Waals surface area (Å²) in [6, 6.07) is 56.4. The monoisotopic (exact) mass is 702 g/mol. The van der Waals surface area contributed by atoms with Crippen molar-refractivity contribution < 1.29 is 0 Å². The van der Waals surface area contributed by atoms with Gasteiger partial charge in [-0.05, 0) is 89.5 Å². The number of hydrogen-bond acceptors (Lipinski definition) is 4. The Kier molecular flexibility index (Phi) is 6.86. The summed E-state index contributed by atoms with van der Waals surface area (Å²) in [4.78, 5) is 20.1. The molecule has 11 rings (SSSR count). The molecule has 0 amide bonds. The highest BCUT2D eigenvalue weighted by atomic mass is 15.0. The Balaban J connectivity index is 1.07. The summed E-state index contributed by atoms with van der Waals surface area (Å²) in [6.07, 6.45) is 3.69. The van der Waals surface area contributed by atoms with Crippen LogP contribution in [0.5, 0.6) is 0 Å². The van der Waals surface area contributed by atoms with Crippen molar-refractivity contribution in [1.82, 2.24) is 19.9 Å². The summed E-state index contributed by atoms with van der Waals surface area (Å²) < 4.78 is 0. The molecule has 10 aromatic rings. The summed E-state index contributed by atoms with van der Waals surface area (Å²) in [7, 11) is 0. The van der Waals surface area contributed by atoms with E-state index in [1.807, 2.05) is 24.4 Å². The van der Waals surface area contributed by atoms with Gasteiger partial charge in [-0.1, -0.05) is 153 Å². The molecule has 1 aliphatic carbocycles. The van der Waals surface area contributed by atoms with Crippen LogP contribution in [0.1, 0.15) is 25.0 Å². The molecule has 0 radical (unpaired) electrons. The molecular weight excluding hydrogens is 669 g/mol. The lowest BCUT2D eigenvalue weighted by Gasteiger charge is -2.22. The molecule has 0 bridgehead atoms. The molecule has 2 aromatic heterocycles. The van der Waals surface area contributed by atoms with E-state index in [1.54, 1.807) is 6.20 Å². The maximum atomic E-state index is 5.25. The summed E-state index contributed by atoms with van der Waals surface area (Å²) in [5, 5.41) is 7.29. The van der Waals surface area contributed by atoms with Crippen LogP contribution in [0, 0.1) is 0 Å². The first-order valence-corrected chi connectivity index (χ1v) is 18.8. The zero-order chi connectivity index (χ0) is 36.7. The van der Waals surface area contributed by atoms with Crippen LogP contribution in [0.2, 0.25) is 0 Å². The molecule has 0 spiro atoms. The van der Waals surface area contributed by atoms with E-state index < -0.39 is 0 Å². The Morgan fingerprint density at radius 1 is 0.382 bits per heavy atom. The summed E-state index contributed by atoms with van der Waals surface area (Å²) >= 11 is 0. The van der Waals surface area contributed by atoms with Gasteiger partial charge in [-0.15, -0.1) is 0 Å². The Morgan fingerprint density at radius 2 is 0.982 bits per heavy atom. The molecular formula is C51H34N4. The van der Waals surface area contributed by atoms with E-state index >= 15 is 0 Å². The quantitative estimate of drug-likeness (QED) is 0.168. The number of fused-ring (bicyclic) bond motifs is 3. The zero-order valence-corrected chi connectivity index (χ0v) is 30.5. The second-order valence-electron chi connectivity index (χ2n) is 15.1. The highest BCUT2D eigenvalue weighted by molar-refractivity contribution is 6.25. The normalized spacial score (nSPS) is 13.1. The SMILES string of the molecule is CC1(C)c2ccccc2-c2ccc(-c3ccc(-c4nc(-c5ccccc5-c5cccnc5)nc(-c5ccc6ccc7cccc8ccc5c6c78)n4)cc3)cc21. The van der Waals surface area contributed by atoms with Crippen molar-refractivity contribution in [2.45, 2.75) is 19.3 Å². The Morgan fingerprint density at radius 3 is 1.76 bits per heavy atom. The number of aromatic nitrogens is 4. The topological polar surface area (TPSA) is 51.6 Å². The Hall–Kier alpha value is -7.04. The summed E-state index contributed by atoms with van der Waals surface area (Å²) in [6.45, 7) is 4.65. The van der Waals surface area contributed by atoms with E-state index in [2.05, 4.69) is 158 Å². The van der Waals surface area contributed by atoms with Crippen molar-refractivity contribution in [3.05, 3.63) is 181 Å². The fraction of sp³-hybridized carbons (Fsp3) is 0.0588. The number of nitrogens with zero attached hydrogens (tertiary/aromatic N) is 4. The molecule has 0 saturated carbocycles. The molecule has 0 saturated heterocycles. The van der Waals surface area contributed by atoms with E-state index in [0.29, 0.717) is 17.5 Å². The molecule has 0 fully saturated rings. The number of pyridine rings is 1. The molecule has 4 nitrogen and oxygen atoms in total. The molecule has 0 aliphatic heterocycles. The zero-order valence-electron chi connectivity index (χ0n) is 30.5. The highest BCUT2D eigenvalue weighted by Gasteiger charge is 2.35. The summed E-state index contributed by atoms with van der Waals surface area (Å²) in [5.41, 5.74) is 12.6. The minimum absolute atomic E-state index is 0.0587. The Bertz CT molecular complexity index is 3090. The maximum Gasteiger partial charge on any atom is 0.164 e. The first-order chi connectivity index (χ1) is 27.0. The van der Waals surface area contributed by atoms with E-state index in [9.17, 15) is 0 Å². The minimum Gasteiger partial charge on any atom is -0.264 e. The molecule has 1 aliphatic rings. The third-order valence-electron chi connectivity index (χ3n) is 11.6. The van der Waals surface area contributed by atoms with E-state index in [4.69, 9.17) is 15.0 Å². The number of rotatable bonds is 5. The second-order valence-corrected chi connectivity index (χ2v) is 15.1. The van der Waals surface area contributed by atoms with Crippen LogP contribution in [-0.2, 0) is 5.41 Å². The fourth-order valence-corrected chi connectivity index (χ4v) is 8.82. The van der Waals surface area contributed by atoms with Gasteiger partial charge in [-0.3, -0.25) is 4.98 Å². The Labute approximate surface area is 319 Å². The van der Waals surface area contributed by atoms with Crippen LogP contribution in [0.25, 0.3) is 99.9 Å². The van der Waals surface area contributed by atoms with Crippen LogP contribution in [0.4, 0.5) is 0 Å². The maximum absolute atomic E-state index is 5.25. The van der Waals surface area contributed by atoms with Gasteiger partial charge in [0.1, 0.15) is 0 Å². The lowest BCUT2D eigenvalue weighted by atomic mass is 9.81.